The van der Waals surface area contributed by atoms with Crippen molar-refractivity contribution in [2.75, 3.05) is 0 Å². The average Bonchev–Trinajstić information content (AvgIpc) is 2.25. The second-order valence-electron chi connectivity index (χ2n) is 3.28. The Morgan fingerprint density at radius 3 is 2.53 bits per heavy atom. The molecule has 0 aliphatic rings. The molecule has 1 aromatic carbocycles. The first-order chi connectivity index (χ1) is 7.25. The maximum atomic E-state index is 11.4. The Kier molecular flexibility index (Phi) is 2.92. The summed E-state index contributed by atoms with van der Waals surface area (Å²) in [4.78, 5) is 15.9. The van der Waals surface area contributed by atoms with Gasteiger partial charge in [-0.2, -0.15) is 0 Å². The van der Waals surface area contributed by atoms with E-state index in [1.54, 1.807) is 6.20 Å². The molecule has 2 rings (SSSR count). The molecule has 0 atom stereocenters. The van der Waals surface area contributed by atoms with Gasteiger partial charge in [-0.25, -0.2) is 0 Å². The predicted molar refractivity (Wildman–Crippen MR) is 62.4 cm³/mol. The molecule has 0 bridgehead atoms. The summed E-state index contributed by atoms with van der Waals surface area (Å²) in [6.07, 6.45) is 1.64. The second-order valence-corrected chi connectivity index (χ2v) is 4.39. The predicted octanol–water partition coefficient (Wildman–Crippen LogP) is 2.83. The van der Waals surface area contributed by atoms with Gasteiger partial charge in [0.2, 0.25) is 0 Å². The number of H-pyrrole nitrogens is 1. The van der Waals surface area contributed by atoms with Crippen LogP contribution >= 0.6 is 11.8 Å². The highest BCUT2D eigenvalue weighted by atomic mass is 32.2. The van der Waals surface area contributed by atoms with Crippen LogP contribution in [0.3, 0.4) is 0 Å². The van der Waals surface area contributed by atoms with Gasteiger partial charge >= 0.3 is 0 Å². The first-order valence-corrected chi connectivity index (χ1v) is 5.49. The summed E-state index contributed by atoms with van der Waals surface area (Å²) < 4.78 is 0. The van der Waals surface area contributed by atoms with Gasteiger partial charge in [0.25, 0.3) is 5.56 Å². The van der Waals surface area contributed by atoms with E-state index in [4.69, 9.17) is 0 Å². The number of aromatic amines is 1. The van der Waals surface area contributed by atoms with Crippen LogP contribution in [0, 0.1) is 6.92 Å². The maximum Gasteiger partial charge on any atom is 0.261 e. The second kappa shape index (κ2) is 4.36. The van der Waals surface area contributed by atoms with Crippen LogP contribution in [0.15, 0.2) is 57.2 Å². The van der Waals surface area contributed by atoms with Crippen molar-refractivity contribution in [1.82, 2.24) is 4.98 Å². The van der Waals surface area contributed by atoms with E-state index in [-0.39, 0.29) is 5.56 Å². The Bertz CT molecular complexity index is 502. The van der Waals surface area contributed by atoms with Gasteiger partial charge in [0.05, 0.1) is 4.90 Å². The zero-order chi connectivity index (χ0) is 10.7. The summed E-state index contributed by atoms with van der Waals surface area (Å²) in [5.74, 6) is 0. The fraction of sp³-hybridized carbons (Fsp3) is 0.0833. The first-order valence-electron chi connectivity index (χ1n) is 4.68. The molecule has 0 unspecified atom stereocenters. The molecule has 0 aliphatic heterocycles. The van der Waals surface area contributed by atoms with Crippen LogP contribution < -0.4 is 5.56 Å². The summed E-state index contributed by atoms with van der Waals surface area (Å²) in [5.41, 5.74) is 1.18. The van der Waals surface area contributed by atoms with Gasteiger partial charge in [0.15, 0.2) is 0 Å². The van der Waals surface area contributed by atoms with Gasteiger partial charge in [-0.05, 0) is 31.2 Å². The van der Waals surface area contributed by atoms with Gasteiger partial charge in [-0.3, -0.25) is 4.79 Å². The highest BCUT2D eigenvalue weighted by Gasteiger charge is 2.00. The molecule has 3 heteroatoms. The molecule has 15 heavy (non-hydrogen) atoms. The highest BCUT2D eigenvalue weighted by molar-refractivity contribution is 7.99. The van der Waals surface area contributed by atoms with Crippen molar-refractivity contribution in [2.24, 2.45) is 0 Å². The SMILES string of the molecule is Cc1ccc(Sc2ccc[nH]c2=O)cc1. The molecule has 76 valence electrons. The Morgan fingerprint density at radius 2 is 1.87 bits per heavy atom. The zero-order valence-electron chi connectivity index (χ0n) is 8.36. The molecule has 2 aromatic rings. The van der Waals surface area contributed by atoms with Crippen LogP contribution in [-0.4, -0.2) is 4.98 Å². The minimum absolute atomic E-state index is 0.0388. The lowest BCUT2D eigenvalue weighted by molar-refractivity contribution is 1.14. The number of nitrogens with one attached hydrogen (secondary N) is 1. The number of hydrogen-bond acceptors (Lipinski definition) is 2. The maximum absolute atomic E-state index is 11.4. The van der Waals surface area contributed by atoms with Crippen LogP contribution in [-0.2, 0) is 0 Å². The Hall–Kier alpha value is -1.48. The molecule has 0 spiro atoms. The monoisotopic (exact) mass is 217 g/mol. The Balaban J connectivity index is 2.26. The molecule has 0 radical (unpaired) electrons. The minimum atomic E-state index is -0.0388. The number of hydrogen-bond donors (Lipinski definition) is 1. The summed E-state index contributed by atoms with van der Waals surface area (Å²) >= 11 is 1.48. The Morgan fingerprint density at radius 1 is 1.13 bits per heavy atom. The van der Waals surface area contributed by atoms with Crippen LogP contribution in [0.4, 0.5) is 0 Å². The minimum Gasteiger partial charge on any atom is -0.328 e. The summed E-state index contributed by atoms with van der Waals surface area (Å²) in [5, 5.41) is 0. The third-order valence-corrected chi connectivity index (χ3v) is 3.08. The lowest BCUT2D eigenvalue weighted by Crippen LogP contribution is -2.05. The highest BCUT2D eigenvalue weighted by Crippen LogP contribution is 2.24. The first kappa shape index (κ1) is 10.1. The molecule has 0 saturated heterocycles. The van der Waals surface area contributed by atoms with Gasteiger partial charge < -0.3 is 4.98 Å². The molecule has 0 aliphatic carbocycles. The van der Waals surface area contributed by atoms with E-state index in [0.717, 1.165) is 9.79 Å². The van der Waals surface area contributed by atoms with E-state index in [0.29, 0.717) is 0 Å². The van der Waals surface area contributed by atoms with E-state index < -0.39 is 0 Å². The largest absolute Gasteiger partial charge is 0.328 e. The van der Waals surface area contributed by atoms with Crippen molar-refractivity contribution >= 4 is 11.8 Å². The van der Waals surface area contributed by atoms with Gasteiger partial charge in [0, 0.05) is 11.1 Å². The molecule has 0 amide bonds. The number of rotatable bonds is 2. The molecule has 2 nitrogen and oxygen atoms in total. The van der Waals surface area contributed by atoms with E-state index in [2.05, 4.69) is 4.98 Å². The molecule has 1 N–H and O–H groups in total. The van der Waals surface area contributed by atoms with Crippen molar-refractivity contribution in [3.63, 3.8) is 0 Å². The number of benzene rings is 1. The van der Waals surface area contributed by atoms with E-state index in [1.807, 2.05) is 43.3 Å². The third-order valence-electron chi connectivity index (χ3n) is 2.03. The Labute approximate surface area is 92.4 Å². The van der Waals surface area contributed by atoms with Crippen LogP contribution in [0.2, 0.25) is 0 Å². The summed E-state index contributed by atoms with van der Waals surface area (Å²) in [6.45, 7) is 2.05. The van der Waals surface area contributed by atoms with Gasteiger partial charge in [0.1, 0.15) is 0 Å². The third kappa shape index (κ3) is 2.50. The molecule has 0 fully saturated rings. The fourth-order valence-electron chi connectivity index (χ4n) is 1.22. The van der Waals surface area contributed by atoms with Gasteiger partial charge in [-0.15, -0.1) is 0 Å². The average molecular weight is 217 g/mol. The van der Waals surface area contributed by atoms with E-state index >= 15 is 0 Å². The van der Waals surface area contributed by atoms with Crippen LogP contribution in [0.5, 0.6) is 0 Å². The zero-order valence-corrected chi connectivity index (χ0v) is 9.17. The standard InChI is InChI=1S/C12H11NOS/c1-9-4-6-10(7-5-9)15-11-3-2-8-13-12(11)14/h2-8H,1H3,(H,13,14). The number of aromatic nitrogens is 1. The molecular weight excluding hydrogens is 206 g/mol. The van der Waals surface area contributed by atoms with E-state index in [1.165, 1.54) is 17.3 Å². The van der Waals surface area contributed by atoms with Gasteiger partial charge in [-0.1, -0.05) is 29.5 Å². The smallest absolute Gasteiger partial charge is 0.261 e. The lowest BCUT2D eigenvalue weighted by Gasteiger charge is -2.00. The number of pyridine rings is 1. The normalized spacial score (nSPS) is 10.2. The summed E-state index contributed by atoms with van der Waals surface area (Å²) in [6, 6.07) is 11.8. The van der Waals surface area contributed by atoms with Crippen molar-refractivity contribution in [3.05, 3.63) is 58.5 Å². The lowest BCUT2D eigenvalue weighted by atomic mass is 10.2. The van der Waals surface area contributed by atoms with Crippen LogP contribution in [0.25, 0.3) is 0 Å². The summed E-state index contributed by atoms with van der Waals surface area (Å²) in [7, 11) is 0. The van der Waals surface area contributed by atoms with Crippen molar-refractivity contribution in [1.29, 1.82) is 0 Å². The van der Waals surface area contributed by atoms with Crippen LogP contribution in [0.1, 0.15) is 5.56 Å². The molecule has 1 heterocycles. The quantitative estimate of drug-likeness (QED) is 0.839. The van der Waals surface area contributed by atoms with Crippen molar-refractivity contribution in [3.8, 4) is 0 Å². The van der Waals surface area contributed by atoms with E-state index in [9.17, 15) is 4.79 Å². The molecular formula is C12H11NOS. The number of aryl methyl sites for hydroxylation is 1. The van der Waals surface area contributed by atoms with Crippen molar-refractivity contribution in [2.45, 2.75) is 16.7 Å². The van der Waals surface area contributed by atoms with Crippen molar-refractivity contribution < 1.29 is 0 Å². The molecule has 0 saturated carbocycles. The molecule has 1 aromatic heterocycles. The fourth-order valence-corrected chi connectivity index (χ4v) is 2.04. The topological polar surface area (TPSA) is 32.9 Å².